The molecule has 3 N–H and O–H groups in total. The maximum absolute atomic E-state index is 9.20. The number of aryl methyl sites for hydroxylation is 1. The zero-order chi connectivity index (χ0) is 11.4. The highest BCUT2D eigenvalue weighted by Crippen LogP contribution is 2.29. The van der Waals surface area contributed by atoms with E-state index in [0.717, 1.165) is 20.2 Å². The summed E-state index contributed by atoms with van der Waals surface area (Å²) in [4.78, 5) is 0. The molecule has 0 spiro atoms. The van der Waals surface area contributed by atoms with E-state index in [1.807, 2.05) is 19.1 Å². The average Bonchev–Trinajstić information content (AvgIpc) is 2.21. The predicted octanol–water partition coefficient (Wildman–Crippen LogP) is 2.29. The number of nitrogens with one attached hydrogen (secondary N) is 1. The molecule has 3 nitrogen and oxygen atoms in total. The van der Waals surface area contributed by atoms with Crippen molar-refractivity contribution < 1.29 is 10.2 Å². The summed E-state index contributed by atoms with van der Waals surface area (Å²) in [6.07, 6.45) is -0.735. The molecule has 0 heterocycles. The summed E-state index contributed by atoms with van der Waals surface area (Å²) in [5, 5.41) is 20.9. The fourth-order valence-corrected chi connectivity index (χ4v) is 2.22. The summed E-state index contributed by atoms with van der Waals surface area (Å²) < 4.78 is 1.95. The lowest BCUT2D eigenvalue weighted by atomic mass is 10.2. The average molecular weight is 339 g/mol. The molecule has 0 aliphatic rings. The smallest absolute Gasteiger partial charge is 0.0942 e. The Morgan fingerprint density at radius 3 is 2.60 bits per heavy atom. The zero-order valence-corrected chi connectivity index (χ0v) is 11.5. The van der Waals surface area contributed by atoms with E-state index in [1.54, 1.807) is 0 Å². The molecule has 0 saturated carbocycles. The minimum Gasteiger partial charge on any atom is -0.394 e. The van der Waals surface area contributed by atoms with Gasteiger partial charge in [0.2, 0.25) is 0 Å². The normalized spacial score (nSPS) is 12.6. The minimum atomic E-state index is -0.735. The van der Waals surface area contributed by atoms with E-state index in [1.165, 1.54) is 0 Å². The van der Waals surface area contributed by atoms with Crippen LogP contribution >= 0.6 is 31.9 Å². The van der Waals surface area contributed by atoms with Crippen LogP contribution in [0.5, 0.6) is 0 Å². The fourth-order valence-electron chi connectivity index (χ4n) is 1.09. The summed E-state index contributed by atoms with van der Waals surface area (Å²) in [6, 6.07) is 3.92. The van der Waals surface area contributed by atoms with Gasteiger partial charge < -0.3 is 15.5 Å². The highest BCUT2D eigenvalue weighted by atomic mass is 79.9. The molecule has 84 valence electrons. The van der Waals surface area contributed by atoms with Gasteiger partial charge in [-0.05, 0) is 40.5 Å². The molecule has 1 unspecified atom stereocenters. The lowest BCUT2D eigenvalue weighted by Gasteiger charge is -2.13. The molecule has 0 amide bonds. The second kappa shape index (κ2) is 5.84. The van der Waals surface area contributed by atoms with Gasteiger partial charge >= 0.3 is 0 Å². The number of hydrogen-bond acceptors (Lipinski definition) is 3. The SMILES string of the molecule is Cc1cc(NCC(O)CO)c(Br)cc1Br. The van der Waals surface area contributed by atoms with Crippen LogP contribution in [0.25, 0.3) is 0 Å². The Balaban J connectivity index is 2.73. The van der Waals surface area contributed by atoms with Crippen molar-refractivity contribution in [3.8, 4) is 0 Å². The Kier molecular flexibility index (Phi) is 5.05. The molecule has 1 aromatic rings. The van der Waals surface area contributed by atoms with Crippen LogP contribution in [-0.2, 0) is 0 Å². The lowest BCUT2D eigenvalue weighted by molar-refractivity contribution is 0.105. The zero-order valence-electron chi connectivity index (χ0n) is 8.30. The first-order valence-corrected chi connectivity index (χ1v) is 6.11. The topological polar surface area (TPSA) is 52.5 Å². The molecule has 1 aromatic carbocycles. The van der Waals surface area contributed by atoms with E-state index >= 15 is 0 Å². The van der Waals surface area contributed by atoms with Gasteiger partial charge in [0.1, 0.15) is 0 Å². The van der Waals surface area contributed by atoms with Crippen molar-refractivity contribution in [3.05, 3.63) is 26.6 Å². The molecule has 1 atom stereocenters. The summed E-state index contributed by atoms with van der Waals surface area (Å²) >= 11 is 6.84. The van der Waals surface area contributed by atoms with Crippen molar-refractivity contribution in [1.82, 2.24) is 0 Å². The summed E-state index contributed by atoms with van der Waals surface area (Å²) in [6.45, 7) is 2.08. The molecule has 0 fully saturated rings. The number of aliphatic hydroxyl groups excluding tert-OH is 2. The van der Waals surface area contributed by atoms with E-state index in [-0.39, 0.29) is 6.61 Å². The third kappa shape index (κ3) is 3.75. The van der Waals surface area contributed by atoms with Crippen molar-refractivity contribution in [1.29, 1.82) is 0 Å². The van der Waals surface area contributed by atoms with E-state index in [4.69, 9.17) is 5.11 Å². The highest BCUT2D eigenvalue weighted by Gasteiger charge is 2.06. The number of rotatable bonds is 4. The van der Waals surface area contributed by atoms with Gasteiger partial charge in [-0.2, -0.15) is 0 Å². The molecule has 5 heteroatoms. The number of hydrogen-bond donors (Lipinski definition) is 3. The Morgan fingerprint density at radius 1 is 1.33 bits per heavy atom. The second-order valence-electron chi connectivity index (χ2n) is 3.30. The van der Waals surface area contributed by atoms with E-state index < -0.39 is 6.10 Å². The molecule has 0 aliphatic heterocycles. The van der Waals surface area contributed by atoms with Gasteiger partial charge in [0.25, 0.3) is 0 Å². The first kappa shape index (κ1) is 13.0. The molecular weight excluding hydrogens is 326 g/mol. The molecule has 1 rings (SSSR count). The summed E-state index contributed by atoms with van der Waals surface area (Å²) in [5.74, 6) is 0. The van der Waals surface area contributed by atoms with Gasteiger partial charge in [-0.3, -0.25) is 0 Å². The fraction of sp³-hybridized carbons (Fsp3) is 0.400. The highest BCUT2D eigenvalue weighted by molar-refractivity contribution is 9.11. The Labute approximate surface area is 106 Å². The van der Waals surface area contributed by atoms with E-state index in [2.05, 4.69) is 37.2 Å². The minimum absolute atomic E-state index is 0.236. The van der Waals surface area contributed by atoms with Crippen LogP contribution in [0.15, 0.2) is 21.1 Å². The van der Waals surface area contributed by atoms with Gasteiger partial charge in [0.05, 0.1) is 12.7 Å². The second-order valence-corrected chi connectivity index (χ2v) is 5.01. The van der Waals surface area contributed by atoms with Crippen LogP contribution in [0.2, 0.25) is 0 Å². The number of aliphatic hydroxyl groups is 2. The van der Waals surface area contributed by atoms with Crippen LogP contribution in [-0.4, -0.2) is 29.5 Å². The maximum atomic E-state index is 9.20. The standard InChI is InChI=1S/C10H13Br2NO2/c1-6-2-10(9(12)3-8(6)11)13-4-7(15)5-14/h2-3,7,13-15H,4-5H2,1H3. The number of halogens is 2. The van der Waals surface area contributed by atoms with Crippen LogP contribution in [0.3, 0.4) is 0 Å². The molecular formula is C10H13Br2NO2. The van der Waals surface area contributed by atoms with Crippen LogP contribution in [0, 0.1) is 6.92 Å². The molecule has 15 heavy (non-hydrogen) atoms. The largest absolute Gasteiger partial charge is 0.394 e. The number of benzene rings is 1. The van der Waals surface area contributed by atoms with Gasteiger partial charge in [-0.1, -0.05) is 15.9 Å². The third-order valence-electron chi connectivity index (χ3n) is 1.99. The third-order valence-corrected chi connectivity index (χ3v) is 3.50. The van der Waals surface area contributed by atoms with Gasteiger partial charge in [-0.15, -0.1) is 0 Å². The molecule has 0 bridgehead atoms. The van der Waals surface area contributed by atoms with Gasteiger partial charge in [-0.25, -0.2) is 0 Å². The van der Waals surface area contributed by atoms with Crippen molar-refractivity contribution in [3.63, 3.8) is 0 Å². The maximum Gasteiger partial charge on any atom is 0.0942 e. The van der Waals surface area contributed by atoms with E-state index in [9.17, 15) is 5.11 Å². The van der Waals surface area contributed by atoms with Crippen molar-refractivity contribution in [2.24, 2.45) is 0 Å². The van der Waals surface area contributed by atoms with Crippen LogP contribution in [0.4, 0.5) is 5.69 Å². The van der Waals surface area contributed by atoms with Crippen molar-refractivity contribution in [2.45, 2.75) is 13.0 Å². The van der Waals surface area contributed by atoms with Gasteiger partial charge in [0, 0.05) is 21.2 Å². The quantitative estimate of drug-likeness (QED) is 0.789. The van der Waals surface area contributed by atoms with E-state index in [0.29, 0.717) is 6.54 Å². The van der Waals surface area contributed by atoms with Crippen LogP contribution < -0.4 is 5.32 Å². The Morgan fingerprint density at radius 2 is 2.00 bits per heavy atom. The number of anilines is 1. The monoisotopic (exact) mass is 337 g/mol. The predicted molar refractivity (Wildman–Crippen MR) is 68.2 cm³/mol. The molecule has 0 aromatic heterocycles. The van der Waals surface area contributed by atoms with Gasteiger partial charge in [0.15, 0.2) is 0 Å². The first-order valence-electron chi connectivity index (χ1n) is 4.53. The van der Waals surface area contributed by atoms with Crippen LogP contribution in [0.1, 0.15) is 5.56 Å². The molecule has 0 radical (unpaired) electrons. The lowest BCUT2D eigenvalue weighted by Crippen LogP contribution is -2.23. The Bertz CT molecular complexity index is 344. The summed E-state index contributed by atoms with van der Waals surface area (Å²) in [7, 11) is 0. The van der Waals surface area contributed by atoms with Crippen molar-refractivity contribution >= 4 is 37.5 Å². The molecule has 0 aliphatic carbocycles. The Hall–Kier alpha value is -0.100. The van der Waals surface area contributed by atoms with Crippen molar-refractivity contribution in [2.75, 3.05) is 18.5 Å². The summed E-state index contributed by atoms with van der Waals surface area (Å²) in [5.41, 5.74) is 2.02. The molecule has 0 saturated heterocycles. The first-order chi connectivity index (χ1) is 7.04.